The van der Waals surface area contributed by atoms with E-state index in [1.165, 1.54) is 19.4 Å². The van der Waals surface area contributed by atoms with Crippen LogP contribution >= 0.6 is 0 Å². The van der Waals surface area contributed by atoms with Gasteiger partial charge in [0, 0.05) is 38.4 Å². The average Bonchev–Trinajstić information content (AvgIpc) is 3.09. The lowest BCUT2D eigenvalue weighted by molar-refractivity contribution is 0.0631. The quantitative estimate of drug-likeness (QED) is 0.864. The van der Waals surface area contributed by atoms with E-state index >= 15 is 0 Å². The number of aryl methyl sites for hydroxylation is 1. The van der Waals surface area contributed by atoms with E-state index in [0.29, 0.717) is 5.56 Å². The summed E-state index contributed by atoms with van der Waals surface area (Å²) in [5.41, 5.74) is 1.58. The predicted molar refractivity (Wildman–Crippen MR) is 68.4 cm³/mol. The van der Waals surface area contributed by atoms with Gasteiger partial charge in [-0.3, -0.25) is 14.8 Å². The van der Waals surface area contributed by atoms with Crippen molar-refractivity contribution in [3.63, 3.8) is 0 Å². The maximum atomic E-state index is 12.3. The van der Waals surface area contributed by atoms with Crippen molar-refractivity contribution >= 4 is 5.91 Å². The molecular formula is C13H20N4O. The summed E-state index contributed by atoms with van der Waals surface area (Å²) in [5, 5.41) is 6.74. The van der Waals surface area contributed by atoms with Gasteiger partial charge >= 0.3 is 0 Å². The molecule has 1 aliphatic heterocycles. The molecule has 0 radical (unpaired) electrons. The van der Waals surface area contributed by atoms with Gasteiger partial charge in [0.2, 0.25) is 0 Å². The molecule has 3 rings (SSSR count). The van der Waals surface area contributed by atoms with E-state index in [4.69, 9.17) is 0 Å². The molecule has 0 bridgehead atoms. The first-order chi connectivity index (χ1) is 8.74. The second-order valence-corrected chi connectivity index (χ2v) is 5.44. The van der Waals surface area contributed by atoms with Crippen molar-refractivity contribution < 1.29 is 4.79 Å². The number of H-pyrrole nitrogens is 1. The van der Waals surface area contributed by atoms with Crippen LogP contribution in [0.1, 0.15) is 28.9 Å². The Hall–Kier alpha value is -1.36. The number of carbonyl (C=O) groups excluding carboxylic acids is 1. The highest BCUT2D eigenvalue weighted by atomic mass is 16.2. The number of nitrogens with one attached hydrogen (secondary N) is 1. The number of carbonyl (C=O) groups is 1. The van der Waals surface area contributed by atoms with Crippen LogP contribution in [0.4, 0.5) is 0 Å². The minimum absolute atomic E-state index is 0.118. The van der Waals surface area contributed by atoms with Gasteiger partial charge in [-0.05, 0) is 25.7 Å². The van der Waals surface area contributed by atoms with Gasteiger partial charge in [-0.15, -0.1) is 0 Å². The molecule has 2 fully saturated rings. The number of hydrogen-bond donors (Lipinski definition) is 1. The Morgan fingerprint density at radius 3 is 2.67 bits per heavy atom. The fourth-order valence-corrected chi connectivity index (χ4v) is 2.54. The topological polar surface area (TPSA) is 52.2 Å². The van der Waals surface area contributed by atoms with Crippen LogP contribution in [0.25, 0.3) is 0 Å². The molecule has 5 heteroatoms. The van der Waals surface area contributed by atoms with E-state index in [1.807, 2.05) is 11.8 Å². The molecule has 2 aliphatic rings. The summed E-state index contributed by atoms with van der Waals surface area (Å²) in [4.78, 5) is 16.7. The lowest BCUT2D eigenvalue weighted by atomic mass is 10.2. The molecule has 0 unspecified atom stereocenters. The number of rotatable bonds is 3. The number of piperazine rings is 1. The van der Waals surface area contributed by atoms with Crippen LogP contribution in [0.5, 0.6) is 0 Å². The average molecular weight is 248 g/mol. The third-order valence-corrected chi connectivity index (χ3v) is 3.93. The number of hydrogen-bond acceptors (Lipinski definition) is 3. The minimum atomic E-state index is 0.118. The molecule has 1 aromatic rings. The van der Waals surface area contributed by atoms with E-state index in [0.717, 1.165) is 37.8 Å². The van der Waals surface area contributed by atoms with Crippen LogP contribution in [-0.4, -0.2) is 58.6 Å². The summed E-state index contributed by atoms with van der Waals surface area (Å²) in [6.07, 6.45) is 4.43. The highest BCUT2D eigenvalue weighted by molar-refractivity contribution is 5.95. The molecule has 1 aliphatic carbocycles. The van der Waals surface area contributed by atoms with Gasteiger partial charge in [0.15, 0.2) is 0 Å². The van der Waals surface area contributed by atoms with Gasteiger partial charge in [0.1, 0.15) is 0 Å². The van der Waals surface area contributed by atoms with Gasteiger partial charge in [0.05, 0.1) is 11.8 Å². The van der Waals surface area contributed by atoms with Crippen LogP contribution in [0, 0.1) is 12.8 Å². The smallest absolute Gasteiger partial charge is 0.257 e. The third-order valence-electron chi connectivity index (χ3n) is 3.93. The molecular weight excluding hydrogens is 228 g/mol. The van der Waals surface area contributed by atoms with Crippen molar-refractivity contribution in [1.29, 1.82) is 0 Å². The van der Waals surface area contributed by atoms with Crippen molar-refractivity contribution in [2.75, 3.05) is 32.7 Å². The van der Waals surface area contributed by atoms with Gasteiger partial charge in [-0.25, -0.2) is 0 Å². The first-order valence-electron chi connectivity index (χ1n) is 6.75. The van der Waals surface area contributed by atoms with Crippen molar-refractivity contribution in [2.45, 2.75) is 19.8 Å². The van der Waals surface area contributed by atoms with Crippen molar-refractivity contribution in [3.05, 3.63) is 17.5 Å². The largest absolute Gasteiger partial charge is 0.336 e. The van der Waals surface area contributed by atoms with E-state index in [-0.39, 0.29) is 5.91 Å². The SMILES string of the molecule is Cc1[nH]ncc1C(=O)N1CCN(CC2CC2)CC1. The zero-order valence-electron chi connectivity index (χ0n) is 10.9. The Bertz CT molecular complexity index is 430. The van der Waals surface area contributed by atoms with E-state index < -0.39 is 0 Å². The standard InChI is InChI=1S/C13H20N4O/c1-10-12(8-14-15-10)13(18)17-6-4-16(5-7-17)9-11-2-3-11/h8,11H,2-7,9H2,1H3,(H,14,15). The molecule has 1 aromatic heterocycles. The molecule has 1 saturated carbocycles. The fourth-order valence-electron chi connectivity index (χ4n) is 2.54. The Morgan fingerprint density at radius 1 is 1.39 bits per heavy atom. The van der Waals surface area contributed by atoms with Crippen LogP contribution in [0.2, 0.25) is 0 Å². The molecule has 98 valence electrons. The fraction of sp³-hybridized carbons (Fsp3) is 0.692. The van der Waals surface area contributed by atoms with Gasteiger partial charge < -0.3 is 4.90 Å². The van der Waals surface area contributed by atoms with E-state index in [1.54, 1.807) is 6.20 Å². The van der Waals surface area contributed by atoms with Gasteiger partial charge in [-0.2, -0.15) is 5.10 Å². The van der Waals surface area contributed by atoms with Gasteiger partial charge in [0.25, 0.3) is 5.91 Å². The third kappa shape index (κ3) is 2.41. The lowest BCUT2D eigenvalue weighted by Crippen LogP contribution is -2.49. The molecule has 0 aromatic carbocycles. The van der Waals surface area contributed by atoms with Crippen molar-refractivity contribution in [3.8, 4) is 0 Å². The van der Waals surface area contributed by atoms with Crippen LogP contribution in [-0.2, 0) is 0 Å². The van der Waals surface area contributed by atoms with E-state index in [9.17, 15) is 4.79 Å². The molecule has 5 nitrogen and oxygen atoms in total. The lowest BCUT2D eigenvalue weighted by Gasteiger charge is -2.34. The second-order valence-electron chi connectivity index (χ2n) is 5.44. The zero-order chi connectivity index (χ0) is 12.5. The van der Waals surface area contributed by atoms with Gasteiger partial charge in [-0.1, -0.05) is 0 Å². The van der Waals surface area contributed by atoms with Crippen molar-refractivity contribution in [2.24, 2.45) is 5.92 Å². The Labute approximate surface area is 107 Å². The highest BCUT2D eigenvalue weighted by Gasteiger charge is 2.28. The predicted octanol–water partition coefficient (Wildman–Crippen LogP) is 0.886. The molecule has 1 N–H and O–H groups in total. The highest BCUT2D eigenvalue weighted by Crippen LogP contribution is 2.29. The molecule has 1 amide bonds. The molecule has 0 atom stereocenters. The molecule has 2 heterocycles. The summed E-state index contributed by atoms with van der Waals surface area (Å²) in [7, 11) is 0. The second kappa shape index (κ2) is 4.72. The Balaban J connectivity index is 1.55. The number of amides is 1. The normalized spacial score (nSPS) is 21.3. The summed E-state index contributed by atoms with van der Waals surface area (Å²) in [6, 6.07) is 0. The molecule has 0 spiro atoms. The Morgan fingerprint density at radius 2 is 2.11 bits per heavy atom. The first kappa shape index (κ1) is 11.7. The minimum Gasteiger partial charge on any atom is -0.336 e. The molecule has 1 saturated heterocycles. The maximum absolute atomic E-state index is 12.3. The summed E-state index contributed by atoms with van der Waals surface area (Å²) in [6.45, 7) is 6.83. The van der Waals surface area contributed by atoms with Crippen LogP contribution < -0.4 is 0 Å². The monoisotopic (exact) mass is 248 g/mol. The van der Waals surface area contributed by atoms with Crippen LogP contribution in [0.15, 0.2) is 6.20 Å². The van der Waals surface area contributed by atoms with Crippen LogP contribution in [0.3, 0.4) is 0 Å². The Kier molecular flexibility index (Phi) is 3.07. The summed E-state index contributed by atoms with van der Waals surface area (Å²) >= 11 is 0. The summed E-state index contributed by atoms with van der Waals surface area (Å²) in [5.74, 6) is 1.05. The number of aromatic amines is 1. The van der Waals surface area contributed by atoms with Crippen molar-refractivity contribution in [1.82, 2.24) is 20.0 Å². The number of aromatic nitrogens is 2. The number of nitrogens with zero attached hydrogens (tertiary/aromatic N) is 3. The van der Waals surface area contributed by atoms with E-state index in [2.05, 4.69) is 15.1 Å². The maximum Gasteiger partial charge on any atom is 0.257 e. The first-order valence-corrected chi connectivity index (χ1v) is 6.75. The zero-order valence-corrected chi connectivity index (χ0v) is 10.9. The summed E-state index contributed by atoms with van der Waals surface area (Å²) < 4.78 is 0. The molecule has 18 heavy (non-hydrogen) atoms.